The van der Waals surface area contributed by atoms with Crippen LogP contribution in [-0.4, -0.2) is 16.7 Å². The fourth-order valence-corrected chi connectivity index (χ4v) is 2.00. The van der Waals surface area contributed by atoms with Crippen molar-refractivity contribution < 1.29 is 4.74 Å². The number of nitrogens with zero attached hydrogens (tertiary/aromatic N) is 2. The van der Waals surface area contributed by atoms with Gasteiger partial charge in [-0.3, -0.25) is 0 Å². The molecule has 2 rings (SSSR count). The maximum Gasteiger partial charge on any atom is 0.123 e. The van der Waals surface area contributed by atoms with E-state index in [1.165, 1.54) is 0 Å². The van der Waals surface area contributed by atoms with Crippen LogP contribution in [0.25, 0.3) is 0 Å². The van der Waals surface area contributed by atoms with Gasteiger partial charge in [0.1, 0.15) is 5.75 Å². The first-order valence-corrected chi connectivity index (χ1v) is 5.94. The molecule has 0 fully saturated rings. The highest BCUT2D eigenvalue weighted by molar-refractivity contribution is 5.33. The van der Waals surface area contributed by atoms with Crippen LogP contribution in [0.1, 0.15) is 25.1 Å². The minimum Gasteiger partial charge on any atom is -0.496 e. The number of hydrogen-bond acceptors (Lipinski definition) is 3. The van der Waals surface area contributed by atoms with Gasteiger partial charge in [-0.1, -0.05) is 18.2 Å². The third-order valence-corrected chi connectivity index (χ3v) is 2.91. The Labute approximate surface area is 107 Å². The van der Waals surface area contributed by atoms with Gasteiger partial charge in [0.15, 0.2) is 0 Å². The normalized spacial score (nSPS) is 11.6. The fraction of sp³-hybridized carbons (Fsp3) is 0.357. The molecule has 0 radical (unpaired) electrons. The molecule has 0 aliphatic rings. The second kappa shape index (κ2) is 4.82. The molecule has 0 spiro atoms. The maximum absolute atomic E-state index is 6.13. The molecule has 1 aromatic carbocycles. The molecule has 96 valence electrons. The number of hydrogen-bond donors (Lipinski definition) is 1. The van der Waals surface area contributed by atoms with Crippen molar-refractivity contribution in [1.29, 1.82) is 0 Å². The first-order chi connectivity index (χ1) is 8.52. The molecule has 0 unspecified atom stereocenters. The van der Waals surface area contributed by atoms with Crippen LogP contribution in [0.5, 0.6) is 5.75 Å². The van der Waals surface area contributed by atoms with Crippen molar-refractivity contribution in [3.05, 3.63) is 48.0 Å². The van der Waals surface area contributed by atoms with Gasteiger partial charge < -0.3 is 15.0 Å². The third-order valence-electron chi connectivity index (χ3n) is 2.91. The first kappa shape index (κ1) is 12.6. The molecule has 0 bridgehead atoms. The van der Waals surface area contributed by atoms with Crippen LogP contribution in [0.4, 0.5) is 0 Å². The van der Waals surface area contributed by atoms with Crippen LogP contribution in [0.2, 0.25) is 0 Å². The van der Waals surface area contributed by atoms with E-state index in [1.54, 1.807) is 13.4 Å². The van der Waals surface area contributed by atoms with E-state index in [2.05, 4.69) is 9.55 Å². The smallest absolute Gasteiger partial charge is 0.123 e. The van der Waals surface area contributed by atoms with E-state index in [9.17, 15) is 0 Å². The summed E-state index contributed by atoms with van der Waals surface area (Å²) < 4.78 is 7.41. The Kier molecular flexibility index (Phi) is 3.39. The van der Waals surface area contributed by atoms with E-state index in [4.69, 9.17) is 10.5 Å². The number of aromatic nitrogens is 2. The minimum absolute atomic E-state index is 0.404. The zero-order chi connectivity index (χ0) is 13.2. The molecular weight excluding hydrogens is 226 g/mol. The molecule has 4 heteroatoms. The average molecular weight is 245 g/mol. The van der Waals surface area contributed by atoms with Crippen molar-refractivity contribution in [1.82, 2.24) is 9.55 Å². The summed E-state index contributed by atoms with van der Waals surface area (Å²) in [7, 11) is 1.68. The van der Waals surface area contributed by atoms with Crippen molar-refractivity contribution in [2.45, 2.75) is 25.9 Å². The van der Waals surface area contributed by atoms with Gasteiger partial charge in [0.25, 0.3) is 0 Å². The number of imidazole rings is 1. The fourth-order valence-electron chi connectivity index (χ4n) is 2.00. The van der Waals surface area contributed by atoms with Crippen molar-refractivity contribution in [3.8, 4) is 5.75 Å². The summed E-state index contributed by atoms with van der Waals surface area (Å²) in [5.74, 6) is 0.881. The summed E-state index contributed by atoms with van der Waals surface area (Å²) in [5, 5.41) is 0. The van der Waals surface area contributed by atoms with Crippen LogP contribution in [-0.2, 0) is 12.1 Å². The lowest BCUT2D eigenvalue weighted by molar-refractivity contribution is 0.407. The Morgan fingerprint density at radius 1 is 1.33 bits per heavy atom. The lowest BCUT2D eigenvalue weighted by Gasteiger charge is -2.21. The van der Waals surface area contributed by atoms with Crippen LogP contribution < -0.4 is 10.5 Å². The SMILES string of the molecule is COc1ccccc1Cn1cncc1C(C)(C)N. The molecule has 4 nitrogen and oxygen atoms in total. The highest BCUT2D eigenvalue weighted by Crippen LogP contribution is 2.22. The number of nitrogens with two attached hydrogens (primary N) is 1. The Morgan fingerprint density at radius 3 is 2.72 bits per heavy atom. The number of rotatable bonds is 4. The lowest BCUT2D eigenvalue weighted by atomic mass is 10.0. The third kappa shape index (κ3) is 2.54. The van der Waals surface area contributed by atoms with Gasteiger partial charge in [0.05, 0.1) is 31.2 Å². The molecule has 1 heterocycles. The second-order valence-electron chi connectivity index (χ2n) is 4.94. The molecule has 0 aliphatic heterocycles. The Hall–Kier alpha value is -1.81. The van der Waals surface area contributed by atoms with Crippen molar-refractivity contribution >= 4 is 0 Å². The molecule has 0 amide bonds. The molecule has 0 saturated carbocycles. The highest BCUT2D eigenvalue weighted by atomic mass is 16.5. The van der Waals surface area contributed by atoms with E-state index in [0.717, 1.165) is 17.0 Å². The van der Waals surface area contributed by atoms with Crippen molar-refractivity contribution in [2.24, 2.45) is 5.73 Å². The van der Waals surface area contributed by atoms with E-state index in [0.29, 0.717) is 6.54 Å². The van der Waals surface area contributed by atoms with Gasteiger partial charge in [0.2, 0.25) is 0 Å². The number of benzene rings is 1. The molecule has 2 aromatic rings. The van der Waals surface area contributed by atoms with E-state index in [-0.39, 0.29) is 0 Å². The molecule has 0 atom stereocenters. The lowest BCUT2D eigenvalue weighted by Crippen LogP contribution is -2.31. The predicted molar refractivity (Wildman–Crippen MR) is 71.5 cm³/mol. The van der Waals surface area contributed by atoms with E-state index >= 15 is 0 Å². The monoisotopic (exact) mass is 245 g/mol. The van der Waals surface area contributed by atoms with Gasteiger partial charge in [0, 0.05) is 11.8 Å². The highest BCUT2D eigenvalue weighted by Gasteiger charge is 2.19. The van der Waals surface area contributed by atoms with Crippen LogP contribution in [0, 0.1) is 0 Å². The van der Waals surface area contributed by atoms with Crippen LogP contribution in [0.15, 0.2) is 36.8 Å². The standard InChI is InChI=1S/C14H19N3O/c1-14(2,15)13-8-16-10-17(13)9-11-6-4-5-7-12(11)18-3/h4-8,10H,9,15H2,1-3H3. The van der Waals surface area contributed by atoms with Gasteiger partial charge in [-0.15, -0.1) is 0 Å². The predicted octanol–water partition coefficient (Wildman–Crippen LogP) is 2.13. The first-order valence-electron chi connectivity index (χ1n) is 5.94. The van der Waals surface area contributed by atoms with Crippen molar-refractivity contribution in [3.63, 3.8) is 0 Å². The molecule has 18 heavy (non-hydrogen) atoms. The summed E-state index contributed by atoms with van der Waals surface area (Å²) in [4.78, 5) is 4.18. The number of ether oxygens (including phenoxy) is 1. The van der Waals surface area contributed by atoms with E-state index in [1.807, 2.05) is 44.3 Å². The Morgan fingerprint density at radius 2 is 2.06 bits per heavy atom. The quantitative estimate of drug-likeness (QED) is 0.897. The average Bonchev–Trinajstić information content (AvgIpc) is 2.78. The summed E-state index contributed by atoms with van der Waals surface area (Å²) in [5.41, 5.74) is 7.85. The molecule has 0 saturated heterocycles. The minimum atomic E-state index is -0.404. The molecular formula is C14H19N3O. The van der Waals surface area contributed by atoms with Crippen molar-refractivity contribution in [2.75, 3.05) is 7.11 Å². The van der Waals surface area contributed by atoms with E-state index < -0.39 is 5.54 Å². The van der Waals surface area contributed by atoms with Crippen LogP contribution in [0.3, 0.4) is 0 Å². The Balaban J connectivity index is 2.32. The van der Waals surface area contributed by atoms with Gasteiger partial charge in [-0.05, 0) is 19.9 Å². The largest absolute Gasteiger partial charge is 0.496 e. The zero-order valence-corrected chi connectivity index (χ0v) is 11.1. The Bertz CT molecular complexity index is 526. The summed E-state index contributed by atoms with van der Waals surface area (Å²) in [6.45, 7) is 4.66. The molecule has 0 aliphatic carbocycles. The second-order valence-corrected chi connectivity index (χ2v) is 4.94. The van der Waals surface area contributed by atoms with Crippen LogP contribution >= 0.6 is 0 Å². The molecule has 1 aromatic heterocycles. The maximum atomic E-state index is 6.13. The van der Waals surface area contributed by atoms with Gasteiger partial charge in [-0.25, -0.2) is 4.98 Å². The van der Waals surface area contributed by atoms with Gasteiger partial charge >= 0.3 is 0 Å². The summed E-state index contributed by atoms with van der Waals surface area (Å²) >= 11 is 0. The topological polar surface area (TPSA) is 53.1 Å². The zero-order valence-electron chi connectivity index (χ0n) is 11.1. The van der Waals surface area contributed by atoms with Gasteiger partial charge in [-0.2, -0.15) is 0 Å². The number of methoxy groups -OCH3 is 1. The molecule has 2 N–H and O–H groups in total. The number of para-hydroxylation sites is 1. The summed E-state index contributed by atoms with van der Waals surface area (Å²) in [6, 6.07) is 7.97. The summed E-state index contributed by atoms with van der Waals surface area (Å²) in [6.07, 6.45) is 3.62.